The maximum atomic E-state index is 13.6. The number of para-hydroxylation sites is 1. The molecule has 212 valence electrons. The first-order valence-corrected chi connectivity index (χ1v) is 13.9. The monoisotopic (exact) mass is 543 g/mol. The molecule has 7 nitrogen and oxygen atoms in total. The van der Waals surface area contributed by atoms with Crippen LogP contribution in [0.2, 0.25) is 0 Å². The lowest BCUT2D eigenvalue weighted by molar-refractivity contribution is -0.148. The number of pyridine rings is 1. The highest BCUT2D eigenvalue weighted by Crippen LogP contribution is 2.40. The average molecular weight is 544 g/mol. The molecule has 4 rings (SSSR count). The molecule has 1 unspecified atom stereocenters. The number of ether oxygens (including phenoxy) is 3. The van der Waals surface area contributed by atoms with E-state index in [1.807, 2.05) is 42.2 Å². The van der Waals surface area contributed by atoms with Crippen LogP contribution in [0.15, 0.2) is 42.6 Å². The van der Waals surface area contributed by atoms with Gasteiger partial charge in [0.15, 0.2) is 0 Å². The lowest BCUT2D eigenvalue weighted by atomic mass is 9.90. The first-order chi connectivity index (χ1) is 19.0. The molecule has 1 aromatic carbocycles. The van der Waals surface area contributed by atoms with Gasteiger partial charge in [-0.05, 0) is 56.9 Å². The average Bonchev–Trinajstić information content (AvgIpc) is 3.28. The SMILES string of the molecule is CCOC(=O)COCCCCCCCOc1ccc(C2c3[nH]c4ccccc4c3C[C@@H](C)N2CC(F)F)nc1. The second-order valence-electron chi connectivity index (χ2n) is 10.00. The van der Waals surface area contributed by atoms with E-state index in [2.05, 4.69) is 16.0 Å². The van der Waals surface area contributed by atoms with Crippen molar-refractivity contribution in [1.29, 1.82) is 0 Å². The second-order valence-corrected chi connectivity index (χ2v) is 10.00. The Hall–Kier alpha value is -3.04. The van der Waals surface area contributed by atoms with Gasteiger partial charge in [0.1, 0.15) is 12.4 Å². The Labute approximate surface area is 228 Å². The van der Waals surface area contributed by atoms with E-state index >= 15 is 0 Å². The summed E-state index contributed by atoms with van der Waals surface area (Å²) < 4.78 is 43.2. The summed E-state index contributed by atoms with van der Waals surface area (Å²) in [4.78, 5) is 21.2. The lowest BCUT2D eigenvalue weighted by Crippen LogP contribution is -2.45. The van der Waals surface area contributed by atoms with Gasteiger partial charge in [0, 0.05) is 29.2 Å². The molecule has 0 saturated heterocycles. The highest BCUT2D eigenvalue weighted by Gasteiger charge is 2.37. The summed E-state index contributed by atoms with van der Waals surface area (Å²) in [6.45, 7) is 5.01. The van der Waals surface area contributed by atoms with E-state index in [9.17, 15) is 13.6 Å². The van der Waals surface area contributed by atoms with E-state index < -0.39 is 6.43 Å². The first kappa shape index (κ1) is 29.0. The Bertz CT molecular complexity index is 1180. The second kappa shape index (κ2) is 14.4. The molecule has 2 atom stereocenters. The molecule has 2 aromatic heterocycles. The quantitative estimate of drug-likeness (QED) is 0.185. The number of esters is 1. The van der Waals surface area contributed by atoms with E-state index in [0.717, 1.165) is 54.4 Å². The molecule has 0 radical (unpaired) electrons. The van der Waals surface area contributed by atoms with Gasteiger partial charge in [-0.3, -0.25) is 9.88 Å². The van der Waals surface area contributed by atoms with Crippen molar-refractivity contribution in [1.82, 2.24) is 14.9 Å². The van der Waals surface area contributed by atoms with E-state index in [4.69, 9.17) is 14.2 Å². The summed E-state index contributed by atoms with van der Waals surface area (Å²) in [6.07, 6.45) is 4.94. The van der Waals surface area contributed by atoms with Gasteiger partial charge in [0.05, 0.1) is 37.7 Å². The maximum absolute atomic E-state index is 13.6. The number of rotatable bonds is 15. The molecular formula is C30H39F2N3O4. The third kappa shape index (κ3) is 7.76. The van der Waals surface area contributed by atoms with Crippen LogP contribution in [0.5, 0.6) is 5.75 Å². The minimum absolute atomic E-state index is 0.0153. The van der Waals surface area contributed by atoms with Gasteiger partial charge < -0.3 is 19.2 Å². The number of nitrogens with zero attached hydrogens (tertiary/aromatic N) is 2. The van der Waals surface area contributed by atoms with Gasteiger partial charge in [-0.2, -0.15) is 0 Å². The van der Waals surface area contributed by atoms with Crippen LogP contribution in [0.25, 0.3) is 10.9 Å². The largest absolute Gasteiger partial charge is 0.492 e. The third-order valence-electron chi connectivity index (χ3n) is 7.13. The van der Waals surface area contributed by atoms with Crippen LogP contribution in [0.3, 0.4) is 0 Å². The molecule has 0 amide bonds. The molecule has 1 aliphatic heterocycles. The molecule has 39 heavy (non-hydrogen) atoms. The molecule has 1 aliphatic rings. The molecule has 0 spiro atoms. The summed E-state index contributed by atoms with van der Waals surface area (Å²) in [5.41, 5.74) is 3.87. The molecule has 0 bridgehead atoms. The van der Waals surface area contributed by atoms with E-state index in [0.29, 0.717) is 32.0 Å². The topological polar surface area (TPSA) is 76.7 Å². The fraction of sp³-hybridized carbons (Fsp3) is 0.533. The molecular weight excluding hydrogens is 504 g/mol. The number of alkyl halides is 2. The third-order valence-corrected chi connectivity index (χ3v) is 7.13. The van der Waals surface area contributed by atoms with Crippen molar-refractivity contribution in [2.75, 3.05) is 33.0 Å². The zero-order valence-corrected chi connectivity index (χ0v) is 22.8. The van der Waals surface area contributed by atoms with Gasteiger partial charge in [0.25, 0.3) is 6.43 Å². The molecule has 1 N–H and O–H groups in total. The van der Waals surface area contributed by atoms with Crippen LogP contribution >= 0.6 is 0 Å². The van der Waals surface area contributed by atoms with Gasteiger partial charge in [-0.1, -0.05) is 37.5 Å². The van der Waals surface area contributed by atoms with Gasteiger partial charge in [0.2, 0.25) is 0 Å². The highest BCUT2D eigenvalue weighted by atomic mass is 19.3. The van der Waals surface area contributed by atoms with E-state index in [-0.39, 0.29) is 31.2 Å². The summed E-state index contributed by atoms with van der Waals surface area (Å²) in [7, 11) is 0. The fourth-order valence-corrected chi connectivity index (χ4v) is 5.29. The molecule has 3 aromatic rings. The smallest absolute Gasteiger partial charge is 0.332 e. The van der Waals surface area contributed by atoms with Gasteiger partial charge in [-0.25, -0.2) is 13.6 Å². The number of fused-ring (bicyclic) bond motifs is 3. The minimum Gasteiger partial charge on any atom is -0.492 e. The number of nitrogens with one attached hydrogen (secondary N) is 1. The van der Waals surface area contributed by atoms with Crippen molar-refractivity contribution in [2.24, 2.45) is 0 Å². The number of aromatic nitrogens is 2. The Kier molecular flexibility index (Phi) is 10.7. The standard InChI is InChI=1S/C30H39F2N3O4/c1-3-38-28(36)20-37-15-9-5-4-6-10-16-39-22-13-14-26(33-18-22)30-29-24(17-21(2)35(30)19-27(31)32)23-11-7-8-12-25(23)34-29/h7-8,11-14,18,21,27,30,34H,3-6,9-10,15-17,19-20H2,1-2H3/t21-,30?/m1/s1. The number of carbonyl (C=O) groups is 1. The molecule has 9 heteroatoms. The Morgan fingerprint density at radius 1 is 1.10 bits per heavy atom. The number of unbranched alkanes of at least 4 members (excludes halogenated alkanes) is 4. The number of carbonyl (C=O) groups excluding carboxylic acids is 1. The van der Waals surface area contributed by atoms with Crippen LogP contribution in [0.1, 0.15) is 68.9 Å². The summed E-state index contributed by atoms with van der Waals surface area (Å²) in [5.74, 6) is 0.353. The van der Waals surface area contributed by atoms with Crippen molar-refractivity contribution >= 4 is 16.9 Å². The number of halogens is 2. The number of hydrogen-bond acceptors (Lipinski definition) is 6. The van der Waals surface area contributed by atoms with Crippen LogP contribution in [-0.4, -0.2) is 66.3 Å². The van der Waals surface area contributed by atoms with Crippen LogP contribution in [-0.2, 0) is 20.7 Å². The normalized spacial score (nSPS) is 17.5. The number of aromatic amines is 1. The number of hydrogen-bond donors (Lipinski definition) is 1. The number of benzene rings is 1. The Morgan fingerprint density at radius 2 is 1.87 bits per heavy atom. The summed E-state index contributed by atoms with van der Waals surface area (Å²) >= 11 is 0. The van der Waals surface area contributed by atoms with Crippen molar-refractivity contribution in [3.05, 3.63) is 59.5 Å². The van der Waals surface area contributed by atoms with Crippen molar-refractivity contribution < 1.29 is 27.8 Å². The summed E-state index contributed by atoms with van der Waals surface area (Å²) in [6, 6.07) is 11.5. The van der Waals surface area contributed by atoms with Crippen LogP contribution in [0, 0.1) is 0 Å². The first-order valence-electron chi connectivity index (χ1n) is 13.9. The van der Waals surface area contributed by atoms with E-state index in [1.165, 1.54) is 5.56 Å². The number of H-pyrrole nitrogens is 1. The minimum atomic E-state index is -2.43. The van der Waals surface area contributed by atoms with Gasteiger partial charge in [-0.15, -0.1) is 0 Å². The maximum Gasteiger partial charge on any atom is 0.332 e. The fourth-order valence-electron chi connectivity index (χ4n) is 5.29. The van der Waals surface area contributed by atoms with Crippen molar-refractivity contribution in [3.8, 4) is 5.75 Å². The zero-order chi connectivity index (χ0) is 27.6. The predicted molar refractivity (Wildman–Crippen MR) is 146 cm³/mol. The molecule has 0 saturated carbocycles. The Balaban J connectivity index is 1.28. The zero-order valence-electron chi connectivity index (χ0n) is 22.8. The Morgan fingerprint density at radius 3 is 2.62 bits per heavy atom. The summed E-state index contributed by atoms with van der Waals surface area (Å²) in [5, 5.41) is 1.14. The van der Waals surface area contributed by atoms with Crippen molar-refractivity contribution in [2.45, 2.75) is 70.9 Å². The molecule has 3 heterocycles. The van der Waals surface area contributed by atoms with Gasteiger partial charge >= 0.3 is 5.97 Å². The van der Waals surface area contributed by atoms with Crippen LogP contribution < -0.4 is 4.74 Å². The molecule has 0 fully saturated rings. The molecule has 0 aliphatic carbocycles. The predicted octanol–water partition coefficient (Wildman–Crippen LogP) is 6.07. The lowest BCUT2D eigenvalue weighted by Gasteiger charge is -2.40. The van der Waals surface area contributed by atoms with Crippen LogP contribution in [0.4, 0.5) is 8.78 Å². The van der Waals surface area contributed by atoms with E-state index in [1.54, 1.807) is 13.1 Å². The van der Waals surface area contributed by atoms with Crippen molar-refractivity contribution in [3.63, 3.8) is 0 Å². The highest BCUT2D eigenvalue weighted by molar-refractivity contribution is 5.85.